The average molecular weight is 247 g/mol. The van der Waals surface area contributed by atoms with Crippen molar-refractivity contribution in [1.29, 1.82) is 0 Å². The van der Waals surface area contributed by atoms with Gasteiger partial charge in [-0.25, -0.2) is 4.98 Å². The summed E-state index contributed by atoms with van der Waals surface area (Å²) in [5.41, 5.74) is 0. The molecule has 0 aromatic carbocycles. The van der Waals surface area contributed by atoms with E-state index in [1.807, 2.05) is 7.05 Å². The third-order valence-corrected chi connectivity index (χ3v) is 3.15. The molecule has 18 heavy (non-hydrogen) atoms. The Morgan fingerprint density at radius 1 is 1.28 bits per heavy atom. The molecule has 7 nitrogen and oxygen atoms in total. The van der Waals surface area contributed by atoms with Gasteiger partial charge in [-0.1, -0.05) is 0 Å². The van der Waals surface area contributed by atoms with Gasteiger partial charge in [0.2, 0.25) is 0 Å². The first kappa shape index (κ1) is 11.3. The lowest BCUT2D eigenvalue weighted by Crippen LogP contribution is -2.20. The molecule has 7 heteroatoms. The molecule has 0 saturated heterocycles. The fraction of sp³-hybridized carbons (Fsp3) is 0.636. The molecular weight excluding hydrogens is 230 g/mol. The van der Waals surface area contributed by atoms with Gasteiger partial charge < -0.3 is 9.88 Å². The Kier molecular flexibility index (Phi) is 3.06. The molecule has 0 unspecified atom stereocenters. The van der Waals surface area contributed by atoms with E-state index in [-0.39, 0.29) is 0 Å². The molecule has 3 heterocycles. The topological polar surface area (TPSA) is 73.5 Å². The first-order valence-electron chi connectivity index (χ1n) is 6.29. The van der Waals surface area contributed by atoms with Gasteiger partial charge in [0, 0.05) is 20.0 Å². The second-order valence-corrected chi connectivity index (χ2v) is 4.58. The lowest BCUT2D eigenvalue weighted by Gasteiger charge is -2.14. The zero-order chi connectivity index (χ0) is 12.4. The van der Waals surface area contributed by atoms with Gasteiger partial charge in [-0.3, -0.25) is 4.68 Å². The highest BCUT2D eigenvalue weighted by Crippen LogP contribution is 2.13. The Hall–Kier alpha value is -1.76. The molecular formula is C11H17N7. The molecule has 0 fully saturated rings. The molecule has 1 aliphatic rings. The average Bonchev–Trinajstić information content (AvgIpc) is 2.97. The summed E-state index contributed by atoms with van der Waals surface area (Å²) < 4.78 is 3.93. The summed E-state index contributed by atoms with van der Waals surface area (Å²) >= 11 is 0. The second-order valence-electron chi connectivity index (χ2n) is 4.58. The van der Waals surface area contributed by atoms with Crippen LogP contribution in [0.2, 0.25) is 0 Å². The van der Waals surface area contributed by atoms with Crippen LogP contribution in [0, 0.1) is 0 Å². The van der Waals surface area contributed by atoms with Gasteiger partial charge in [0.25, 0.3) is 0 Å². The number of nitrogens with zero attached hydrogens (tertiary/aromatic N) is 6. The zero-order valence-corrected chi connectivity index (χ0v) is 10.5. The highest BCUT2D eigenvalue weighted by molar-refractivity contribution is 4.98. The molecule has 0 bridgehead atoms. The SMILES string of the molecule is Cn1cnc(CNCc2nnc3n2CCCC3)n1. The number of hydrogen-bond acceptors (Lipinski definition) is 5. The maximum atomic E-state index is 4.24. The molecule has 0 atom stereocenters. The van der Waals surface area contributed by atoms with Gasteiger partial charge in [0.05, 0.1) is 13.1 Å². The monoisotopic (exact) mass is 247 g/mol. The summed E-state index contributed by atoms with van der Waals surface area (Å²) in [4.78, 5) is 4.17. The molecule has 2 aromatic rings. The minimum Gasteiger partial charge on any atom is -0.314 e. The first-order valence-corrected chi connectivity index (χ1v) is 6.29. The third-order valence-electron chi connectivity index (χ3n) is 3.15. The summed E-state index contributed by atoms with van der Waals surface area (Å²) in [6, 6.07) is 0. The summed E-state index contributed by atoms with van der Waals surface area (Å²) in [5.74, 6) is 2.94. The van der Waals surface area contributed by atoms with Crippen molar-refractivity contribution in [2.75, 3.05) is 0 Å². The van der Waals surface area contributed by atoms with E-state index in [2.05, 4.69) is 30.2 Å². The second kappa shape index (κ2) is 4.85. The largest absolute Gasteiger partial charge is 0.314 e. The van der Waals surface area contributed by atoms with Crippen molar-refractivity contribution in [2.24, 2.45) is 7.05 Å². The van der Waals surface area contributed by atoms with Crippen LogP contribution in [-0.2, 0) is 33.1 Å². The van der Waals surface area contributed by atoms with E-state index in [1.54, 1.807) is 11.0 Å². The van der Waals surface area contributed by atoms with Crippen molar-refractivity contribution in [3.8, 4) is 0 Å². The molecule has 0 amide bonds. The van der Waals surface area contributed by atoms with Crippen LogP contribution in [0.15, 0.2) is 6.33 Å². The summed E-state index contributed by atoms with van der Waals surface area (Å²) in [5, 5.41) is 16.0. The Labute approximate surface area is 105 Å². The van der Waals surface area contributed by atoms with Crippen LogP contribution in [0.4, 0.5) is 0 Å². The highest BCUT2D eigenvalue weighted by Gasteiger charge is 2.15. The van der Waals surface area contributed by atoms with E-state index in [4.69, 9.17) is 0 Å². The lowest BCUT2D eigenvalue weighted by atomic mass is 10.2. The molecule has 1 aliphatic heterocycles. The predicted molar refractivity (Wildman–Crippen MR) is 64.5 cm³/mol. The van der Waals surface area contributed by atoms with Crippen molar-refractivity contribution >= 4 is 0 Å². The van der Waals surface area contributed by atoms with Crippen molar-refractivity contribution in [3.05, 3.63) is 23.8 Å². The van der Waals surface area contributed by atoms with E-state index in [1.165, 1.54) is 12.8 Å². The van der Waals surface area contributed by atoms with E-state index in [9.17, 15) is 0 Å². The van der Waals surface area contributed by atoms with Gasteiger partial charge in [0.1, 0.15) is 18.0 Å². The Morgan fingerprint density at radius 3 is 3.06 bits per heavy atom. The van der Waals surface area contributed by atoms with Crippen LogP contribution in [-0.4, -0.2) is 29.5 Å². The van der Waals surface area contributed by atoms with Crippen LogP contribution in [0.1, 0.15) is 30.3 Å². The molecule has 0 radical (unpaired) electrons. The molecule has 0 aliphatic carbocycles. The number of aromatic nitrogens is 6. The van der Waals surface area contributed by atoms with Crippen LogP contribution in [0.5, 0.6) is 0 Å². The van der Waals surface area contributed by atoms with Crippen molar-refractivity contribution in [2.45, 2.75) is 38.9 Å². The first-order chi connectivity index (χ1) is 8.83. The van der Waals surface area contributed by atoms with Crippen molar-refractivity contribution in [1.82, 2.24) is 34.8 Å². The number of hydrogen-bond donors (Lipinski definition) is 1. The van der Waals surface area contributed by atoms with E-state index >= 15 is 0 Å². The smallest absolute Gasteiger partial charge is 0.164 e. The minimum absolute atomic E-state index is 0.656. The fourth-order valence-electron chi connectivity index (χ4n) is 2.25. The van der Waals surface area contributed by atoms with Crippen molar-refractivity contribution in [3.63, 3.8) is 0 Å². The van der Waals surface area contributed by atoms with Gasteiger partial charge in [-0.15, -0.1) is 10.2 Å². The zero-order valence-electron chi connectivity index (χ0n) is 10.5. The summed E-state index contributed by atoms with van der Waals surface area (Å²) in [6.07, 6.45) is 5.20. The standard InChI is InChI=1S/C11H17N7/c1-17-8-13-9(16-17)6-12-7-11-15-14-10-4-2-3-5-18(10)11/h8,12H,2-7H2,1H3. The predicted octanol–water partition coefficient (Wildman–Crippen LogP) is 0.0327. The molecule has 3 rings (SSSR count). The fourth-order valence-corrected chi connectivity index (χ4v) is 2.25. The normalized spacial score (nSPS) is 14.7. The lowest BCUT2D eigenvalue weighted by molar-refractivity contribution is 0.496. The minimum atomic E-state index is 0.656. The highest BCUT2D eigenvalue weighted by atomic mass is 15.3. The molecule has 0 spiro atoms. The van der Waals surface area contributed by atoms with Crippen LogP contribution in [0.3, 0.4) is 0 Å². The maximum absolute atomic E-state index is 4.24. The molecule has 0 saturated carbocycles. The van der Waals surface area contributed by atoms with E-state index < -0.39 is 0 Å². The summed E-state index contributed by atoms with van der Waals surface area (Å²) in [6.45, 7) is 2.41. The Balaban J connectivity index is 1.58. The quantitative estimate of drug-likeness (QED) is 0.825. The van der Waals surface area contributed by atoms with Gasteiger partial charge in [-0.05, 0) is 12.8 Å². The molecule has 96 valence electrons. The van der Waals surface area contributed by atoms with Crippen LogP contribution < -0.4 is 5.32 Å². The van der Waals surface area contributed by atoms with E-state index in [0.717, 1.165) is 30.4 Å². The summed E-state index contributed by atoms with van der Waals surface area (Å²) in [7, 11) is 1.87. The van der Waals surface area contributed by atoms with E-state index in [0.29, 0.717) is 13.1 Å². The molecule has 2 aromatic heterocycles. The third kappa shape index (κ3) is 2.26. The van der Waals surface area contributed by atoms with Gasteiger partial charge in [0.15, 0.2) is 5.82 Å². The Bertz CT molecular complexity index is 527. The van der Waals surface area contributed by atoms with Crippen molar-refractivity contribution < 1.29 is 0 Å². The van der Waals surface area contributed by atoms with Gasteiger partial charge in [-0.2, -0.15) is 5.10 Å². The Morgan fingerprint density at radius 2 is 2.22 bits per heavy atom. The number of aryl methyl sites for hydroxylation is 2. The maximum Gasteiger partial charge on any atom is 0.164 e. The number of nitrogens with one attached hydrogen (secondary N) is 1. The number of rotatable bonds is 4. The van der Waals surface area contributed by atoms with Gasteiger partial charge >= 0.3 is 0 Å². The number of fused-ring (bicyclic) bond motifs is 1. The van der Waals surface area contributed by atoms with Crippen LogP contribution in [0.25, 0.3) is 0 Å². The molecule has 1 N–H and O–H groups in total. The van der Waals surface area contributed by atoms with Crippen LogP contribution >= 0.6 is 0 Å².